The van der Waals surface area contributed by atoms with Gasteiger partial charge in [-0.15, -0.1) is 11.6 Å². The molecule has 0 saturated heterocycles. The third-order valence-electron chi connectivity index (χ3n) is 3.77. The van der Waals surface area contributed by atoms with Crippen LogP contribution in [0.15, 0.2) is 0 Å². The highest BCUT2D eigenvalue weighted by Crippen LogP contribution is 2.42. The van der Waals surface area contributed by atoms with Crippen LogP contribution in [0.4, 0.5) is 0 Å². The molecule has 0 aromatic carbocycles. The van der Waals surface area contributed by atoms with E-state index in [2.05, 4.69) is 26.1 Å². The van der Waals surface area contributed by atoms with Gasteiger partial charge in [0.2, 0.25) is 5.91 Å². The van der Waals surface area contributed by atoms with Crippen LogP contribution in [-0.2, 0) is 4.79 Å². The molecule has 1 rings (SSSR count). The average Bonchev–Trinajstić information content (AvgIpc) is 2.57. The minimum atomic E-state index is 0.176. The van der Waals surface area contributed by atoms with E-state index in [0.29, 0.717) is 6.54 Å². The molecular formula is C13H24ClNO. The van der Waals surface area contributed by atoms with E-state index < -0.39 is 0 Å². The average molecular weight is 246 g/mol. The second-order valence-corrected chi connectivity index (χ2v) is 6.14. The Hall–Kier alpha value is -0.240. The summed E-state index contributed by atoms with van der Waals surface area (Å²) in [7, 11) is 0. The summed E-state index contributed by atoms with van der Waals surface area (Å²) < 4.78 is 0. The molecule has 0 heterocycles. The van der Waals surface area contributed by atoms with E-state index in [1.807, 2.05) is 0 Å². The van der Waals surface area contributed by atoms with Crippen molar-refractivity contribution in [3.05, 3.63) is 0 Å². The number of hydrogen-bond donors (Lipinski definition) is 1. The Balaban J connectivity index is 2.30. The molecule has 3 heteroatoms. The number of alkyl halides is 1. The van der Waals surface area contributed by atoms with Crippen LogP contribution < -0.4 is 5.32 Å². The highest BCUT2D eigenvalue weighted by Gasteiger charge is 2.38. The highest BCUT2D eigenvalue weighted by molar-refractivity contribution is 6.20. The van der Waals surface area contributed by atoms with Crippen molar-refractivity contribution in [2.24, 2.45) is 11.3 Å². The molecule has 2 atom stereocenters. The molecule has 0 radical (unpaired) electrons. The van der Waals surface area contributed by atoms with Crippen LogP contribution in [0.25, 0.3) is 0 Å². The van der Waals surface area contributed by atoms with Gasteiger partial charge in [-0.1, -0.05) is 27.2 Å². The molecule has 0 aliphatic heterocycles. The van der Waals surface area contributed by atoms with Crippen molar-refractivity contribution >= 4 is 17.5 Å². The zero-order chi connectivity index (χ0) is 12.2. The second kappa shape index (κ2) is 5.90. The largest absolute Gasteiger partial charge is 0.356 e. The minimum Gasteiger partial charge on any atom is -0.356 e. The van der Waals surface area contributed by atoms with Crippen molar-refractivity contribution in [1.29, 1.82) is 0 Å². The lowest BCUT2D eigenvalue weighted by Gasteiger charge is -2.26. The number of rotatable bonds is 5. The van der Waals surface area contributed by atoms with Crippen LogP contribution in [0.2, 0.25) is 0 Å². The fourth-order valence-electron chi connectivity index (χ4n) is 2.49. The van der Waals surface area contributed by atoms with Crippen LogP contribution in [-0.4, -0.2) is 17.8 Å². The smallest absolute Gasteiger partial charge is 0.223 e. The van der Waals surface area contributed by atoms with Crippen LogP contribution in [0.3, 0.4) is 0 Å². The second-order valence-electron chi connectivity index (χ2n) is 5.52. The van der Waals surface area contributed by atoms with Gasteiger partial charge in [0.15, 0.2) is 0 Å². The van der Waals surface area contributed by atoms with E-state index in [0.717, 1.165) is 25.7 Å². The van der Waals surface area contributed by atoms with Gasteiger partial charge in [-0.05, 0) is 31.1 Å². The maximum atomic E-state index is 12.0. The van der Waals surface area contributed by atoms with Crippen LogP contribution in [0.5, 0.6) is 0 Å². The lowest BCUT2D eigenvalue weighted by molar-refractivity contribution is -0.127. The Bertz CT molecular complexity index is 240. The summed E-state index contributed by atoms with van der Waals surface area (Å²) in [6.07, 6.45) is 5.22. The molecule has 94 valence electrons. The summed E-state index contributed by atoms with van der Waals surface area (Å²) in [5, 5.41) is 3.21. The van der Waals surface area contributed by atoms with Gasteiger partial charge in [0.25, 0.3) is 0 Å². The van der Waals surface area contributed by atoms with Gasteiger partial charge in [-0.3, -0.25) is 4.79 Å². The molecule has 0 spiro atoms. The van der Waals surface area contributed by atoms with Gasteiger partial charge in [-0.25, -0.2) is 0 Å². The third kappa shape index (κ3) is 3.65. The number of amides is 1. The Labute approximate surface area is 104 Å². The van der Waals surface area contributed by atoms with Crippen molar-refractivity contribution in [1.82, 2.24) is 5.32 Å². The summed E-state index contributed by atoms with van der Waals surface area (Å²) in [4.78, 5) is 12.0. The maximum absolute atomic E-state index is 12.0. The summed E-state index contributed by atoms with van der Waals surface area (Å²) >= 11 is 6.01. The van der Waals surface area contributed by atoms with Crippen molar-refractivity contribution in [3.63, 3.8) is 0 Å². The van der Waals surface area contributed by atoms with Gasteiger partial charge in [-0.2, -0.15) is 0 Å². The van der Waals surface area contributed by atoms with E-state index in [4.69, 9.17) is 11.6 Å². The van der Waals surface area contributed by atoms with Gasteiger partial charge in [0, 0.05) is 17.8 Å². The van der Waals surface area contributed by atoms with Crippen molar-refractivity contribution in [2.75, 3.05) is 6.54 Å². The number of hydrogen-bond acceptors (Lipinski definition) is 1. The molecule has 0 aromatic heterocycles. The minimum absolute atomic E-state index is 0.176. The third-order valence-corrected chi connectivity index (χ3v) is 4.30. The molecule has 1 amide bonds. The Morgan fingerprint density at radius 1 is 1.56 bits per heavy atom. The fourth-order valence-corrected chi connectivity index (χ4v) is 2.60. The summed E-state index contributed by atoms with van der Waals surface area (Å²) in [5.74, 6) is 0.422. The number of carbonyl (C=O) groups excluding carboxylic acids is 1. The van der Waals surface area contributed by atoms with E-state index in [1.54, 1.807) is 0 Å². The molecule has 1 saturated carbocycles. The summed E-state index contributed by atoms with van der Waals surface area (Å²) in [6, 6.07) is 0. The first kappa shape index (κ1) is 13.8. The molecule has 0 bridgehead atoms. The lowest BCUT2D eigenvalue weighted by atomic mass is 9.81. The zero-order valence-electron chi connectivity index (χ0n) is 10.7. The van der Waals surface area contributed by atoms with Crippen molar-refractivity contribution < 1.29 is 4.79 Å². The predicted molar refractivity (Wildman–Crippen MR) is 68.7 cm³/mol. The zero-order valence-corrected chi connectivity index (χ0v) is 11.4. The number of carbonyl (C=O) groups is 1. The van der Waals surface area contributed by atoms with Crippen LogP contribution >= 0.6 is 11.6 Å². The van der Waals surface area contributed by atoms with Gasteiger partial charge in [0.05, 0.1) is 0 Å². The standard InChI is InChI=1S/C13H24ClNO/c1-4-10(14)7-9-15-12(16)11-6-5-8-13(11,2)3/h10-11H,4-9H2,1-3H3,(H,15,16). The topological polar surface area (TPSA) is 29.1 Å². The molecule has 1 fully saturated rings. The molecule has 2 nitrogen and oxygen atoms in total. The van der Waals surface area contributed by atoms with E-state index in [9.17, 15) is 4.79 Å². The molecular weight excluding hydrogens is 222 g/mol. The molecule has 1 aliphatic rings. The Morgan fingerprint density at radius 3 is 2.75 bits per heavy atom. The predicted octanol–water partition coefficient (Wildman–Crippen LogP) is 3.34. The summed E-state index contributed by atoms with van der Waals surface area (Å²) in [6.45, 7) is 7.17. The van der Waals surface area contributed by atoms with Crippen LogP contribution in [0.1, 0.15) is 52.9 Å². The first-order valence-electron chi connectivity index (χ1n) is 6.39. The van der Waals surface area contributed by atoms with Crippen LogP contribution in [0, 0.1) is 11.3 Å². The highest BCUT2D eigenvalue weighted by atomic mass is 35.5. The maximum Gasteiger partial charge on any atom is 0.223 e. The van der Waals surface area contributed by atoms with Crippen molar-refractivity contribution in [3.8, 4) is 0 Å². The summed E-state index contributed by atoms with van der Waals surface area (Å²) in [5.41, 5.74) is 0.176. The van der Waals surface area contributed by atoms with Crippen molar-refractivity contribution in [2.45, 2.75) is 58.3 Å². The van der Waals surface area contributed by atoms with Gasteiger partial charge >= 0.3 is 0 Å². The Morgan fingerprint density at radius 2 is 2.25 bits per heavy atom. The Kier molecular flexibility index (Phi) is 5.10. The first-order chi connectivity index (χ1) is 7.47. The molecule has 16 heavy (non-hydrogen) atoms. The molecule has 1 aliphatic carbocycles. The molecule has 2 unspecified atom stereocenters. The quantitative estimate of drug-likeness (QED) is 0.740. The van der Waals surface area contributed by atoms with E-state index >= 15 is 0 Å². The monoisotopic (exact) mass is 245 g/mol. The number of halogens is 1. The van der Waals surface area contributed by atoms with Gasteiger partial charge in [0.1, 0.15) is 0 Å². The van der Waals surface area contributed by atoms with E-state index in [1.165, 1.54) is 6.42 Å². The lowest BCUT2D eigenvalue weighted by Crippen LogP contribution is -2.37. The first-order valence-corrected chi connectivity index (χ1v) is 6.83. The molecule has 0 aromatic rings. The number of nitrogens with one attached hydrogen (secondary N) is 1. The molecule has 1 N–H and O–H groups in total. The van der Waals surface area contributed by atoms with Gasteiger partial charge < -0.3 is 5.32 Å². The van der Waals surface area contributed by atoms with E-state index in [-0.39, 0.29) is 22.6 Å². The SMILES string of the molecule is CCC(Cl)CCNC(=O)C1CCCC1(C)C. The fraction of sp³-hybridized carbons (Fsp3) is 0.923. The normalized spacial score (nSPS) is 25.4.